The Balaban J connectivity index is 2.60. The van der Waals surface area contributed by atoms with Crippen LogP contribution >= 0.6 is 0 Å². The zero-order valence-electron chi connectivity index (χ0n) is 8.36. The Morgan fingerprint density at radius 3 is 2.75 bits per heavy atom. The van der Waals surface area contributed by atoms with Crippen LogP contribution in [0.4, 0.5) is 0 Å². The molecule has 0 radical (unpaired) electrons. The first-order chi connectivity index (χ1) is 7.58. The Kier molecular flexibility index (Phi) is 2.28. The molecular formula is C9H8N4O3. The van der Waals surface area contributed by atoms with Gasteiger partial charge in [0.15, 0.2) is 5.69 Å². The minimum Gasteiger partial charge on any atom is -0.476 e. The fourth-order valence-electron chi connectivity index (χ4n) is 1.23. The van der Waals surface area contributed by atoms with Crippen molar-refractivity contribution < 1.29 is 9.90 Å². The molecule has 0 unspecified atom stereocenters. The second kappa shape index (κ2) is 3.61. The number of carbonyl (C=O) groups is 1. The minimum absolute atomic E-state index is 0.191. The van der Waals surface area contributed by atoms with Crippen molar-refractivity contribution in [3.8, 4) is 5.69 Å². The second-order valence-electron chi connectivity index (χ2n) is 3.15. The van der Waals surface area contributed by atoms with Gasteiger partial charge in [-0.1, -0.05) is 0 Å². The van der Waals surface area contributed by atoms with Gasteiger partial charge in [-0.2, -0.15) is 14.9 Å². The first kappa shape index (κ1) is 10.1. The Morgan fingerprint density at radius 1 is 1.44 bits per heavy atom. The van der Waals surface area contributed by atoms with E-state index < -0.39 is 11.5 Å². The van der Waals surface area contributed by atoms with Crippen LogP contribution in [0.1, 0.15) is 10.5 Å². The van der Waals surface area contributed by atoms with Gasteiger partial charge in [0.25, 0.3) is 5.56 Å². The summed E-state index contributed by atoms with van der Waals surface area (Å²) in [4.78, 5) is 22.2. The average Bonchev–Trinajstić information content (AvgIpc) is 2.65. The van der Waals surface area contributed by atoms with E-state index in [0.717, 1.165) is 16.8 Å². The van der Waals surface area contributed by atoms with E-state index in [1.54, 1.807) is 13.2 Å². The van der Waals surface area contributed by atoms with Gasteiger partial charge in [0.1, 0.15) is 5.69 Å². The van der Waals surface area contributed by atoms with E-state index in [1.807, 2.05) is 0 Å². The molecule has 0 atom stereocenters. The highest BCUT2D eigenvalue weighted by atomic mass is 16.4. The molecule has 0 aliphatic carbocycles. The summed E-state index contributed by atoms with van der Waals surface area (Å²) in [6.45, 7) is 0. The largest absolute Gasteiger partial charge is 0.476 e. The maximum atomic E-state index is 11.5. The second-order valence-corrected chi connectivity index (χ2v) is 3.15. The van der Waals surface area contributed by atoms with Crippen LogP contribution in [-0.4, -0.2) is 30.6 Å². The predicted molar refractivity (Wildman–Crippen MR) is 53.6 cm³/mol. The topological polar surface area (TPSA) is 90.0 Å². The van der Waals surface area contributed by atoms with Gasteiger partial charge in [-0.3, -0.25) is 9.48 Å². The van der Waals surface area contributed by atoms with Crippen LogP contribution in [0.3, 0.4) is 0 Å². The zero-order valence-corrected chi connectivity index (χ0v) is 8.36. The lowest BCUT2D eigenvalue weighted by atomic mass is 10.4. The van der Waals surface area contributed by atoms with Crippen molar-refractivity contribution in [1.29, 1.82) is 0 Å². The van der Waals surface area contributed by atoms with E-state index in [9.17, 15) is 9.59 Å². The third kappa shape index (κ3) is 1.70. The molecule has 7 heteroatoms. The van der Waals surface area contributed by atoms with Crippen LogP contribution in [0, 0.1) is 0 Å². The Hall–Kier alpha value is -2.44. The SMILES string of the molecule is Cn1cc(-n2nc(C(=O)O)ccc2=O)cn1. The van der Waals surface area contributed by atoms with Crippen LogP contribution in [0.15, 0.2) is 29.3 Å². The molecule has 0 aliphatic rings. The van der Waals surface area contributed by atoms with Crippen LogP contribution in [0.2, 0.25) is 0 Å². The predicted octanol–water partition coefficient (Wildman–Crippen LogP) is -0.336. The number of aromatic carboxylic acids is 1. The lowest BCUT2D eigenvalue weighted by Gasteiger charge is -2.00. The number of carboxylic acid groups (broad SMARTS) is 1. The van der Waals surface area contributed by atoms with Crippen molar-refractivity contribution in [2.45, 2.75) is 0 Å². The minimum atomic E-state index is -1.18. The highest BCUT2D eigenvalue weighted by molar-refractivity contribution is 5.84. The van der Waals surface area contributed by atoms with E-state index in [2.05, 4.69) is 10.2 Å². The molecule has 2 rings (SSSR count). The molecule has 0 aliphatic heterocycles. The lowest BCUT2D eigenvalue weighted by Crippen LogP contribution is -2.22. The maximum Gasteiger partial charge on any atom is 0.356 e. The van der Waals surface area contributed by atoms with Crippen LogP contribution in [0.25, 0.3) is 5.69 Å². The number of aryl methyl sites for hydroxylation is 1. The van der Waals surface area contributed by atoms with Gasteiger partial charge in [0, 0.05) is 13.1 Å². The molecule has 82 valence electrons. The van der Waals surface area contributed by atoms with Gasteiger partial charge in [0.2, 0.25) is 0 Å². The zero-order chi connectivity index (χ0) is 11.7. The maximum absolute atomic E-state index is 11.5. The van der Waals surface area contributed by atoms with Gasteiger partial charge in [-0.15, -0.1) is 0 Å². The monoisotopic (exact) mass is 220 g/mol. The molecule has 16 heavy (non-hydrogen) atoms. The number of hydrogen-bond donors (Lipinski definition) is 1. The molecule has 0 spiro atoms. The third-order valence-electron chi connectivity index (χ3n) is 1.96. The molecule has 7 nitrogen and oxygen atoms in total. The first-order valence-electron chi connectivity index (χ1n) is 4.40. The number of aromatic nitrogens is 4. The molecule has 2 aromatic heterocycles. The Labute approximate surface area is 89.6 Å². The van der Waals surface area contributed by atoms with E-state index >= 15 is 0 Å². The molecule has 2 heterocycles. The van der Waals surface area contributed by atoms with Crippen molar-refractivity contribution in [2.24, 2.45) is 7.05 Å². The molecule has 0 saturated heterocycles. The summed E-state index contributed by atoms with van der Waals surface area (Å²) in [5, 5.41) is 16.3. The van der Waals surface area contributed by atoms with Gasteiger partial charge in [-0.05, 0) is 6.07 Å². The highest BCUT2D eigenvalue weighted by Gasteiger charge is 2.09. The molecule has 0 bridgehead atoms. The first-order valence-corrected chi connectivity index (χ1v) is 4.40. The fourth-order valence-corrected chi connectivity index (χ4v) is 1.23. The summed E-state index contributed by atoms with van der Waals surface area (Å²) < 4.78 is 2.49. The summed E-state index contributed by atoms with van der Waals surface area (Å²) >= 11 is 0. The van der Waals surface area contributed by atoms with Crippen LogP contribution < -0.4 is 5.56 Å². The quantitative estimate of drug-likeness (QED) is 0.748. The lowest BCUT2D eigenvalue weighted by molar-refractivity contribution is 0.0688. The van der Waals surface area contributed by atoms with Gasteiger partial charge >= 0.3 is 5.97 Å². The van der Waals surface area contributed by atoms with E-state index in [0.29, 0.717) is 5.69 Å². The van der Waals surface area contributed by atoms with Crippen molar-refractivity contribution in [2.75, 3.05) is 0 Å². The van der Waals surface area contributed by atoms with Gasteiger partial charge in [-0.25, -0.2) is 4.79 Å². The summed E-state index contributed by atoms with van der Waals surface area (Å²) in [6, 6.07) is 2.32. The fraction of sp³-hybridized carbons (Fsp3) is 0.111. The Morgan fingerprint density at radius 2 is 2.19 bits per heavy atom. The Bertz CT molecular complexity index is 599. The van der Waals surface area contributed by atoms with Crippen LogP contribution in [-0.2, 0) is 7.05 Å². The third-order valence-corrected chi connectivity index (χ3v) is 1.96. The average molecular weight is 220 g/mol. The van der Waals surface area contributed by atoms with E-state index in [4.69, 9.17) is 5.11 Å². The highest BCUT2D eigenvalue weighted by Crippen LogP contribution is 2.01. The summed E-state index contributed by atoms with van der Waals surface area (Å²) in [6.07, 6.45) is 3.00. The molecule has 1 N–H and O–H groups in total. The summed E-state index contributed by atoms with van der Waals surface area (Å²) in [7, 11) is 1.69. The van der Waals surface area contributed by atoms with Crippen molar-refractivity contribution in [3.63, 3.8) is 0 Å². The number of hydrogen-bond acceptors (Lipinski definition) is 4. The van der Waals surface area contributed by atoms with E-state index in [1.165, 1.54) is 10.9 Å². The molecule has 2 aromatic rings. The normalized spacial score (nSPS) is 10.3. The van der Waals surface area contributed by atoms with E-state index in [-0.39, 0.29) is 5.69 Å². The van der Waals surface area contributed by atoms with Crippen molar-refractivity contribution in [3.05, 3.63) is 40.6 Å². The molecule has 0 saturated carbocycles. The number of carboxylic acids is 1. The number of nitrogens with zero attached hydrogens (tertiary/aromatic N) is 4. The summed E-state index contributed by atoms with van der Waals surface area (Å²) in [5.74, 6) is -1.18. The van der Waals surface area contributed by atoms with Gasteiger partial charge in [0.05, 0.1) is 12.4 Å². The molecule has 0 aromatic carbocycles. The van der Waals surface area contributed by atoms with Gasteiger partial charge < -0.3 is 5.11 Å². The standard InChI is InChI=1S/C9H8N4O3/c1-12-5-6(4-10-12)13-8(14)3-2-7(11-13)9(15)16/h2-5H,1H3,(H,15,16). The smallest absolute Gasteiger partial charge is 0.356 e. The summed E-state index contributed by atoms with van der Waals surface area (Å²) in [5.41, 5.74) is -0.169. The number of rotatable bonds is 2. The van der Waals surface area contributed by atoms with Crippen LogP contribution in [0.5, 0.6) is 0 Å². The molecular weight excluding hydrogens is 212 g/mol. The van der Waals surface area contributed by atoms with Crippen molar-refractivity contribution in [1.82, 2.24) is 19.6 Å². The molecule has 0 amide bonds. The molecule has 0 fully saturated rings. The van der Waals surface area contributed by atoms with Crippen molar-refractivity contribution >= 4 is 5.97 Å².